The average Bonchev–Trinajstić information content (AvgIpc) is 2.21. The Balaban J connectivity index is 2.65. The maximum Gasteiger partial charge on any atom is 0.252 e. The Hall–Kier alpha value is -0.500. The molecule has 1 atom stereocenters. The fourth-order valence-corrected chi connectivity index (χ4v) is 2.04. The number of amides is 1. The molecule has 0 heterocycles. The van der Waals surface area contributed by atoms with E-state index < -0.39 is 16.6 Å². The smallest absolute Gasteiger partial charge is 0.252 e. The van der Waals surface area contributed by atoms with E-state index in [0.29, 0.717) is 21.4 Å². The van der Waals surface area contributed by atoms with Gasteiger partial charge in [0.05, 0.1) is 5.56 Å². The van der Waals surface area contributed by atoms with Gasteiger partial charge in [-0.15, -0.1) is 0 Å². The van der Waals surface area contributed by atoms with Crippen molar-refractivity contribution in [3.8, 4) is 0 Å². The monoisotopic (exact) mass is 355 g/mol. The van der Waals surface area contributed by atoms with Crippen LogP contribution in [0.4, 0.5) is 4.39 Å². The highest BCUT2D eigenvalue weighted by atomic mass is 127. The summed E-state index contributed by atoms with van der Waals surface area (Å²) in [6.07, 6.45) is 1.57. The predicted octanol–water partition coefficient (Wildman–Crippen LogP) is 1.54. The molecule has 0 aliphatic carbocycles. The SMILES string of the molecule is C[S@@](=O)CCNC(=O)c1cc(F)ccc1I. The molecule has 0 aromatic heterocycles. The fraction of sp³-hybridized carbons (Fsp3) is 0.300. The zero-order valence-electron chi connectivity index (χ0n) is 8.63. The number of carbonyl (C=O) groups excluding carboxylic acids is 1. The lowest BCUT2D eigenvalue weighted by Gasteiger charge is -2.06. The van der Waals surface area contributed by atoms with Crippen LogP contribution in [0.15, 0.2) is 18.2 Å². The van der Waals surface area contributed by atoms with E-state index in [1.54, 1.807) is 12.3 Å². The first kappa shape index (κ1) is 13.6. The molecule has 6 heteroatoms. The third-order valence-corrected chi connectivity index (χ3v) is 3.57. The number of rotatable bonds is 4. The van der Waals surface area contributed by atoms with Crippen molar-refractivity contribution in [2.75, 3.05) is 18.6 Å². The van der Waals surface area contributed by atoms with Crippen molar-refractivity contribution < 1.29 is 13.4 Å². The van der Waals surface area contributed by atoms with Gasteiger partial charge in [0.25, 0.3) is 5.91 Å². The highest BCUT2D eigenvalue weighted by Crippen LogP contribution is 2.13. The molecule has 16 heavy (non-hydrogen) atoms. The van der Waals surface area contributed by atoms with Gasteiger partial charge >= 0.3 is 0 Å². The van der Waals surface area contributed by atoms with Gasteiger partial charge in [0, 0.05) is 32.9 Å². The molecule has 0 aliphatic heterocycles. The zero-order chi connectivity index (χ0) is 12.1. The lowest BCUT2D eigenvalue weighted by molar-refractivity contribution is 0.0955. The maximum absolute atomic E-state index is 12.9. The van der Waals surface area contributed by atoms with Crippen LogP contribution in [0.1, 0.15) is 10.4 Å². The molecule has 1 aromatic carbocycles. The number of nitrogens with one attached hydrogen (secondary N) is 1. The molecule has 88 valence electrons. The second-order valence-corrected chi connectivity index (χ2v) is 5.87. The Bertz CT molecular complexity index is 425. The minimum absolute atomic E-state index is 0.308. The van der Waals surface area contributed by atoms with Gasteiger partial charge in [-0.2, -0.15) is 0 Å². The van der Waals surface area contributed by atoms with Crippen molar-refractivity contribution in [3.05, 3.63) is 33.1 Å². The quantitative estimate of drug-likeness (QED) is 0.833. The van der Waals surface area contributed by atoms with Crippen molar-refractivity contribution in [1.29, 1.82) is 0 Å². The number of benzene rings is 1. The van der Waals surface area contributed by atoms with Gasteiger partial charge in [-0.05, 0) is 40.8 Å². The van der Waals surface area contributed by atoms with Crippen LogP contribution in [0, 0.1) is 9.39 Å². The number of hydrogen-bond donors (Lipinski definition) is 1. The van der Waals surface area contributed by atoms with Crippen LogP contribution in [-0.2, 0) is 10.8 Å². The molecule has 1 N–H and O–H groups in total. The fourth-order valence-electron chi connectivity index (χ4n) is 1.08. The number of carbonyl (C=O) groups is 1. The summed E-state index contributed by atoms with van der Waals surface area (Å²) in [7, 11) is -0.939. The van der Waals surface area contributed by atoms with Crippen LogP contribution < -0.4 is 5.32 Å². The minimum Gasteiger partial charge on any atom is -0.351 e. The first-order valence-electron chi connectivity index (χ1n) is 4.54. The van der Waals surface area contributed by atoms with Crippen molar-refractivity contribution in [1.82, 2.24) is 5.32 Å². The summed E-state index contributed by atoms with van der Waals surface area (Å²) in [5, 5.41) is 2.59. The highest BCUT2D eigenvalue weighted by molar-refractivity contribution is 14.1. The van der Waals surface area contributed by atoms with Gasteiger partial charge in [-0.25, -0.2) is 4.39 Å². The van der Waals surface area contributed by atoms with Crippen molar-refractivity contribution in [2.24, 2.45) is 0 Å². The van der Waals surface area contributed by atoms with E-state index >= 15 is 0 Å². The summed E-state index contributed by atoms with van der Waals surface area (Å²) in [6.45, 7) is 0.328. The van der Waals surface area contributed by atoms with Gasteiger partial charge in [0.15, 0.2) is 0 Å². The summed E-state index contributed by atoms with van der Waals surface area (Å²) in [5.74, 6) is -0.378. The molecular weight excluding hydrogens is 344 g/mol. The van der Waals surface area contributed by atoms with Crippen molar-refractivity contribution in [2.45, 2.75) is 0 Å². The maximum atomic E-state index is 12.9. The molecule has 0 unspecified atom stereocenters. The minimum atomic E-state index is -0.939. The van der Waals surface area contributed by atoms with Gasteiger partial charge in [-0.3, -0.25) is 9.00 Å². The normalized spacial score (nSPS) is 12.2. The Morgan fingerprint density at radius 2 is 2.25 bits per heavy atom. The van der Waals surface area contributed by atoms with E-state index in [2.05, 4.69) is 5.32 Å². The van der Waals surface area contributed by atoms with E-state index in [1.807, 2.05) is 22.6 Å². The number of hydrogen-bond acceptors (Lipinski definition) is 2. The molecule has 0 radical (unpaired) electrons. The van der Waals surface area contributed by atoms with Crippen LogP contribution in [-0.4, -0.2) is 28.7 Å². The molecule has 0 aliphatic rings. The third kappa shape index (κ3) is 4.17. The predicted molar refractivity (Wildman–Crippen MR) is 70.4 cm³/mol. The van der Waals surface area contributed by atoms with Crippen molar-refractivity contribution in [3.63, 3.8) is 0 Å². The first-order valence-corrected chi connectivity index (χ1v) is 7.34. The van der Waals surface area contributed by atoms with E-state index in [9.17, 15) is 13.4 Å². The topological polar surface area (TPSA) is 46.2 Å². The Morgan fingerprint density at radius 1 is 1.56 bits per heavy atom. The average molecular weight is 355 g/mol. The molecule has 0 spiro atoms. The highest BCUT2D eigenvalue weighted by Gasteiger charge is 2.10. The Kier molecular flexibility index (Phi) is 5.33. The largest absolute Gasteiger partial charge is 0.351 e. The summed E-state index contributed by atoms with van der Waals surface area (Å²) < 4.78 is 24.4. The summed E-state index contributed by atoms with van der Waals surface area (Å²) in [4.78, 5) is 11.6. The van der Waals surface area contributed by atoms with Gasteiger partial charge < -0.3 is 5.32 Å². The van der Waals surface area contributed by atoms with Crippen LogP contribution in [0.25, 0.3) is 0 Å². The first-order chi connectivity index (χ1) is 7.50. The molecule has 0 fully saturated rings. The van der Waals surface area contributed by atoms with Gasteiger partial charge in [0.2, 0.25) is 0 Å². The summed E-state index contributed by atoms with van der Waals surface area (Å²) >= 11 is 1.97. The lowest BCUT2D eigenvalue weighted by Crippen LogP contribution is -2.28. The molecule has 3 nitrogen and oxygen atoms in total. The summed E-state index contributed by atoms with van der Waals surface area (Å²) in [6, 6.07) is 4.04. The molecule has 1 amide bonds. The molecule has 0 bridgehead atoms. The standard InChI is InChI=1S/C10H11FINO2S/c1-16(15)5-4-13-10(14)8-6-7(11)2-3-9(8)12/h2-3,6H,4-5H2,1H3,(H,13,14)/t16-/m1/s1. The lowest BCUT2D eigenvalue weighted by atomic mass is 10.2. The van der Waals surface area contributed by atoms with Crippen LogP contribution in [0.5, 0.6) is 0 Å². The molecule has 0 saturated carbocycles. The Labute approximate surface area is 109 Å². The Morgan fingerprint density at radius 3 is 2.88 bits per heavy atom. The van der Waals surface area contributed by atoms with Crippen LogP contribution >= 0.6 is 22.6 Å². The molecule has 0 saturated heterocycles. The van der Waals surface area contributed by atoms with Gasteiger partial charge in [0.1, 0.15) is 5.82 Å². The van der Waals surface area contributed by atoms with E-state index in [-0.39, 0.29) is 5.91 Å². The van der Waals surface area contributed by atoms with E-state index in [4.69, 9.17) is 0 Å². The van der Waals surface area contributed by atoms with Crippen LogP contribution in [0.2, 0.25) is 0 Å². The summed E-state index contributed by atoms with van der Waals surface area (Å²) in [5.41, 5.74) is 0.308. The molecule has 1 rings (SSSR count). The van der Waals surface area contributed by atoms with Crippen LogP contribution in [0.3, 0.4) is 0 Å². The molecule has 1 aromatic rings. The second kappa shape index (κ2) is 6.29. The number of halogens is 2. The van der Waals surface area contributed by atoms with Crippen molar-refractivity contribution >= 4 is 39.3 Å². The second-order valence-electron chi connectivity index (χ2n) is 3.16. The van der Waals surface area contributed by atoms with E-state index in [1.165, 1.54) is 12.1 Å². The van der Waals surface area contributed by atoms with E-state index in [0.717, 1.165) is 0 Å². The van der Waals surface area contributed by atoms with Gasteiger partial charge in [-0.1, -0.05) is 0 Å². The molecular formula is C10H11FINO2S. The third-order valence-electron chi connectivity index (χ3n) is 1.85. The zero-order valence-corrected chi connectivity index (χ0v) is 11.6.